The molecule has 198 valence electrons. The quantitative estimate of drug-likeness (QED) is 0.209. The van der Waals surface area contributed by atoms with E-state index in [1.807, 2.05) is 18.2 Å². The molecule has 0 saturated heterocycles. The predicted molar refractivity (Wildman–Crippen MR) is 170 cm³/mol. The molecule has 0 N–H and O–H groups in total. The molecule has 4 heterocycles. The van der Waals surface area contributed by atoms with Gasteiger partial charge in [-0.1, -0.05) is 86.6 Å². The molecule has 0 radical (unpaired) electrons. The SMILES string of the molecule is CC1(C)c2ccccc2-c2c1c1c(c3ccccc23)c2ccccc2n1-c1cccc2oc3c(nc4cccnn43)c12. The second-order valence-electron chi connectivity index (χ2n) is 11.9. The number of rotatable bonds is 1. The summed E-state index contributed by atoms with van der Waals surface area (Å²) >= 11 is 0. The van der Waals surface area contributed by atoms with Gasteiger partial charge in [0.25, 0.3) is 0 Å². The number of fused-ring (bicyclic) bond motifs is 15. The van der Waals surface area contributed by atoms with Crippen molar-refractivity contribution in [2.75, 3.05) is 0 Å². The molecule has 0 bridgehead atoms. The van der Waals surface area contributed by atoms with Crippen LogP contribution in [0.4, 0.5) is 0 Å². The summed E-state index contributed by atoms with van der Waals surface area (Å²) in [5.74, 6) is 0. The molecule has 0 fully saturated rings. The molecular formula is C37H24N4O. The van der Waals surface area contributed by atoms with E-state index in [-0.39, 0.29) is 5.41 Å². The van der Waals surface area contributed by atoms with E-state index in [9.17, 15) is 0 Å². The number of hydrogen-bond donors (Lipinski definition) is 0. The smallest absolute Gasteiger partial charge is 0.249 e. The Kier molecular flexibility index (Phi) is 3.95. The lowest BCUT2D eigenvalue weighted by Crippen LogP contribution is -2.16. The van der Waals surface area contributed by atoms with Gasteiger partial charge >= 0.3 is 0 Å². The Bertz CT molecular complexity index is 2610. The van der Waals surface area contributed by atoms with Crippen molar-refractivity contribution in [2.45, 2.75) is 19.3 Å². The maximum absolute atomic E-state index is 6.45. The highest BCUT2D eigenvalue weighted by Crippen LogP contribution is 2.56. The molecule has 1 aliphatic carbocycles. The second-order valence-corrected chi connectivity index (χ2v) is 11.9. The lowest BCUT2D eigenvalue weighted by atomic mass is 9.80. The highest BCUT2D eigenvalue weighted by atomic mass is 16.3. The highest BCUT2D eigenvalue weighted by molar-refractivity contribution is 6.27. The molecule has 1 aliphatic rings. The van der Waals surface area contributed by atoms with Crippen LogP contribution in [0.2, 0.25) is 0 Å². The number of furan rings is 1. The van der Waals surface area contributed by atoms with Crippen molar-refractivity contribution in [1.82, 2.24) is 19.2 Å². The fourth-order valence-corrected chi connectivity index (χ4v) is 7.70. The highest BCUT2D eigenvalue weighted by Gasteiger charge is 2.40. The summed E-state index contributed by atoms with van der Waals surface area (Å²) in [4.78, 5) is 5.01. The number of aromatic nitrogens is 4. The summed E-state index contributed by atoms with van der Waals surface area (Å²) in [6, 6.07) is 36.8. The zero-order chi connectivity index (χ0) is 27.7. The summed E-state index contributed by atoms with van der Waals surface area (Å²) in [7, 11) is 0. The standard InChI is InChI=1S/C37H24N4O/c1-37(2)25-15-7-5-13-23(25)30-21-11-3-4-12-22(21)31-24-14-6-8-16-26(24)40(35(31)33(30)37)27-17-9-18-28-32(27)34-36(42-28)41-29(39-34)19-10-20-38-41/h3-20H,1-2H3. The molecular weight excluding hydrogens is 516 g/mol. The average molecular weight is 541 g/mol. The molecule has 5 nitrogen and oxygen atoms in total. The van der Waals surface area contributed by atoms with Crippen molar-refractivity contribution in [3.8, 4) is 16.8 Å². The Morgan fingerprint density at radius 2 is 1.50 bits per heavy atom. The minimum Gasteiger partial charge on any atom is -0.436 e. The Morgan fingerprint density at radius 3 is 2.40 bits per heavy atom. The van der Waals surface area contributed by atoms with Gasteiger partial charge in [0.15, 0.2) is 5.65 Å². The molecule has 0 saturated carbocycles. The van der Waals surface area contributed by atoms with Gasteiger partial charge in [-0.3, -0.25) is 0 Å². The molecule has 0 aliphatic heterocycles. The first-order chi connectivity index (χ1) is 20.6. The molecule has 5 heteroatoms. The average Bonchev–Trinajstić information content (AvgIpc) is 3.73. The molecule has 42 heavy (non-hydrogen) atoms. The van der Waals surface area contributed by atoms with Gasteiger partial charge in [0.05, 0.1) is 22.1 Å². The lowest BCUT2D eigenvalue weighted by Gasteiger charge is -2.24. The molecule has 5 aromatic carbocycles. The minimum absolute atomic E-state index is 0.201. The summed E-state index contributed by atoms with van der Waals surface area (Å²) < 4.78 is 10.7. The van der Waals surface area contributed by atoms with Crippen molar-refractivity contribution in [1.29, 1.82) is 0 Å². The third-order valence-electron chi connectivity index (χ3n) is 9.36. The summed E-state index contributed by atoms with van der Waals surface area (Å²) in [6.07, 6.45) is 1.77. The van der Waals surface area contributed by atoms with E-state index in [0.717, 1.165) is 27.8 Å². The van der Waals surface area contributed by atoms with Gasteiger partial charge in [-0.05, 0) is 63.4 Å². The van der Waals surface area contributed by atoms with Gasteiger partial charge in [0, 0.05) is 22.4 Å². The Labute approximate surface area is 240 Å². The predicted octanol–water partition coefficient (Wildman–Crippen LogP) is 9.19. The number of benzene rings is 5. The number of imidazole rings is 1. The van der Waals surface area contributed by atoms with Gasteiger partial charge in [-0.2, -0.15) is 9.61 Å². The van der Waals surface area contributed by atoms with Crippen molar-refractivity contribution in [3.63, 3.8) is 0 Å². The van der Waals surface area contributed by atoms with Gasteiger partial charge in [-0.15, -0.1) is 0 Å². The minimum atomic E-state index is -0.201. The van der Waals surface area contributed by atoms with Crippen LogP contribution in [-0.2, 0) is 5.41 Å². The van der Waals surface area contributed by atoms with Gasteiger partial charge in [0.1, 0.15) is 11.1 Å². The summed E-state index contributed by atoms with van der Waals surface area (Å²) in [5.41, 5.74) is 11.7. The molecule has 0 unspecified atom stereocenters. The number of para-hydroxylation sites is 1. The van der Waals surface area contributed by atoms with Crippen LogP contribution in [0.5, 0.6) is 0 Å². The Morgan fingerprint density at radius 1 is 0.714 bits per heavy atom. The maximum Gasteiger partial charge on any atom is 0.249 e. The van der Waals surface area contributed by atoms with Crippen LogP contribution in [0.3, 0.4) is 0 Å². The van der Waals surface area contributed by atoms with Crippen LogP contribution in [0.15, 0.2) is 114 Å². The van der Waals surface area contributed by atoms with Crippen LogP contribution in [-0.4, -0.2) is 19.2 Å². The molecule has 9 aromatic rings. The monoisotopic (exact) mass is 540 g/mol. The topological polar surface area (TPSA) is 48.3 Å². The van der Waals surface area contributed by atoms with E-state index >= 15 is 0 Å². The van der Waals surface area contributed by atoms with Crippen LogP contribution in [0.25, 0.3) is 77.2 Å². The zero-order valence-corrected chi connectivity index (χ0v) is 23.1. The van der Waals surface area contributed by atoms with Crippen molar-refractivity contribution in [3.05, 3.63) is 120 Å². The zero-order valence-electron chi connectivity index (χ0n) is 23.1. The van der Waals surface area contributed by atoms with Crippen molar-refractivity contribution < 1.29 is 4.42 Å². The van der Waals surface area contributed by atoms with Gasteiger partial charge in [-0.25, -0.2) is 4.98 Å². The van der Waals surface area contributed by atoms with E-state index in [1.165, 1.54) is 54.8 Å². The third kappa shape index (κ3) is 2.51. The largest absolute Gasteiger partial charge is 0.436 e. The van der Waals surface area contributed by atoms with E-state index in [1.54, 1.807) is 10.7 Å². The normalized spacial score (nSPS) is 14.1. The first-order valence-corrected chi connectivity index (χ1v) is 14.4. The first-order valence-electron chi connectivity index (χ1n) is 14.4. The Balaban J connectivity index is 1.49. The van der Waals surface area contributed by atoms with E-state index in [2.05, 4.69) is 108 Å². The Hall–Kier alpha value is -5.42. The van der Waals surface area contributed by atoms with E-state index in [0.29, 0.717) is 5.71 Å². The molecule has 0 amide bonds. The van der Waals surface area contributed by atoms with Gasteiger partial charge < -0.3 is 8.98 Å². The molecule has 0 atom stereocenters. The third-order valence-corrected chi connectivity index (χ3v) is 9.36. The first kappa shape index (κ1) is 22.3. The van der Waals surface area contributed by atoms with Crippen LogP contribution >= 0.6 is 0 Å². The second kappa shape index (κ2) is 7.45. The summed E-state index contributed by atoms with van der Waals surface area (Å²) in [6.45, 7) is 4.75. The van der Waals surface area contributed by atoms with Crippen LogP contribution in [0, 0.1) is 0 Å². The number of hydrogen-bond acceptors (Lipinski definition) is 3. The van der Waals surface area contributed by atoms with Crippen molar-refractivity contribution >= 4 is 60.4 Å². The van der Waals surface area contributed by atoms with Gasteiger partial charge in [0.2, 0.25) is 5.71 Å². The molecule has 10 rings (SSSR count). The fourth-order valence-electron chi connectivity index (χ4n) is 7.70. The fraction of sp³-hybridized carbons (Fsp3) is 0.0811. The lowest BCUT2D eigenvalue weighted by molar-refractivity contribution is 0.637. The van der Waals surface area contributed by atoms with Crippen molar-refractivity contribution in [2.24, 2.45) is 0 Å². The van der Waals surface area contributed by atoms with Crippen LogP contribution in [0.1, 0.15) is 25.0 Å². The van der Waals surface area contributed by atoms with Crippen LogP contribution < -0.4 is 0 Å². The molecule has 0 spiro atoms. The number of nitrogens with zero attached hydrogens (tertiary/aromatic N) is 4. The van der Waals surface area contributed by atoms with E-state index in [4.69, 9.17) is 9.40 Å². The van der Waals surface area contributed by atoms with E-state index < -0.39 is 0 Å². The maximum atomic E-state index is 6.45. The molecule has 4 aromatic heterocycles. The summed E-state index contributed by atoms with van der Waals surface area (Å²) in [5, 5.41) is 10.6.